The summed E-state index contributed by atoms with van der Waals surface area (Å²) in [7, 11) is 0. The van der Waals surface area contributed by atoms with Gasteiger partial charge in [-0.15, -0.1) is 0 Å². The monoisotopic (exact) mass is 246 g/mol. The van der Waals surface area contributed by atoms with Gasteiger partial charge in [0.05, 0.1) is 12.7 Å². The minimum Gasteiger partial charge on any atom is -0.374 e. The summed E-state index contributed by atoms with van der Waals surface area (Å²) >= 11 is 0. The highest BCUT2D eigenvalue weighted by atomic mass is 16.5. The lowest BCUT2D eigenvalue weighted by Gasteiger charge is -2.23. The van der Waals surface area contributed by atoms with Gasteiger partial charge in [-0.3, -0.25) is 0 Å². The van der Waals surface area contributed by atoms with E-state index in [0.717, 1.165) is 32.8 Å². The molecule has 1 atom stereocenters. The second kappa shape index (κ2) is 5.83. The van der Waals surface area contributed by atoms with Gasteiger partial charge in [0.2, 0.25) is 0 Å². The molecule has 18 heavy (non-hydrogen) atoms. The molecule has 3 nitrogen and oxygen atoms in total. The van der Waals surface area contributed by atoms with E-state index in [0.29, 0.717) is 6.10 Å². The quantitative estimate of drug-likeness (QED) is 0.839. The van der Waals surface area contributed by atoms with Crippen molar-refractivity contribution < 1.29 is 4.74 Å². The maximum absolute atomic E-state index is 5.66. The lowest BCUT2D eigenvalue weighted by molar-refractivity contribution is 0.0290. The minimum absolute atomic E-state index is 0.327. The number of hydrogen-bond donors (Lipinski definition) is 2. The van der Waals surface area contributed by atoms with Crippen LogP contribution in [0.2, 0.25) is 0 Å². The van der Waals surface area contributed by atoms with Crippen LogP contribution in [0.1, 0.15) is 23.1 Å². The van der Waals surface area contributed by atoms with Gasteiger partial charge in [0.1, 0.15) is 0 Å². The van der Waals surface area contributed by atoms with Crippen LogP contribution >= 0.6 is 0 Å². The van der Waals surface area contributed by atoms with Crippen LogP contribution in [0.4, 0.5) is 0 Å². The standard InChI is InChI=1S/C15H22N2O/c1-2-13-5-4-12(8-14(13)3-1)9-17-11-15-10-16-6-7-18-15/h4-5,8,15-17H,1-3,6-7,9-11H2. The van der Waals surface area contributed by atoms with E-state index in [1.807, 2.05) is 0 Å². The fraction of sp³-hybridized carbons (Fsp3) is 0.600. The van der Waals surface area contributed by atoms with Crippen LogP contribution in [0.3, 0.4) is 0 Å². The van der Waals surface area contributed by atoms with E-state index in [2.05, 4.69) is 28.8 Å². The molecule has 0 radical (unpaired) electrons. The highest BCUT2D eigenvalue weighted by Crippen LogP contribution is 2.22. The molecule has 1 fully saturated rings. The molecule has 0 bridgehead atoms. The first-order valence-electron chi connectivity index (χ1n) is 7.05. The molecular formula is C15H22N2O. The van der Waals surface area contributed by atoms with E-state index >= 15 is 0 Å². The van der Waals surface area contributed by atoms with Crippen molar-refractivity contribution in [1.29, 1.82) is 0 Å². The van der Waals surface area contributed by atoms with Gasteiger partial charge < -0.3 is 15.4 Å². The first-order chi connectivity index (χ1) is 8.92. The van der Waals surface area contributed by atoms with Crippen molar-refractivity contribution >= 4 is 0 Å². The molecule has 0 aromatic heterocycles. The van der Waals surface area contributed by atoms with E-state index in [9.17, 15) is 0 Å². The molecule has 3 heteroatoms. The van der Waals surface area contributed by atoms with Crippen molar-refractivity contribution in [3.05, 3.63) is 34.9 Å². The van der Waals surface area contributed by atoms with Crippen LogP contribution in [-0.4, -0.2) is 32.3 Å². The third kappa shape index (κ3) is 2.91. The van der Waals surface area contributed by atoms with Gasteiger partial charge >= 0.3 is 0 Å². The molecular weight excluding hydrogens is 224 g/mol. The lowest BCUT2D eigenvalue weighted by Crippen LogP contribution is -2.43. The molecule has 2 N–H and O–H groups in total. The molecule has 0 saturated carbocycles. The summed E-state index contributed by atoms with van der Waals surface area (Å²) in [5.74, 6) is 0. The summed E-state index contributed by atoms with van der Waals surface area (Å²) in [4.78, 5) is 0. The maximum atomic E-state index is 5.66. The fourth-order valence-corrected chi connectivity index (χ4v) is 2.86. The number of hydrogen-bond acceptors (Lipinski definition) is 3. The fourth-order valence-electron chi connectivity index (χ4n) is 2.86. The predicted molar refractivity (Wildman–Crippen MR) is 72.8 cm³/mol. The Morgan fingerprint density at radius 2 is 2.22 bits per heavy atom. The predicted octanol–water partition coefficient (Wildman–Crippen LogP) is 1.25. The van der Waals surface area contributed by atoms with E-state index < -0.39 is 0 Å². The van der Waals surface area contributed by atoms with Crippen molar-refractivity contribution in [2.75, 3.05) is 26.2 Å². The number of fused-ring (bicyclic) bond motifs is 1. The molecule has 1 aromatic rings. The third-order valence-electron chi connectivity index (χ3n) is 3.87. The topological polar surface area (TPSA) is 33.3 Å². The third-order valence-corrected chi connectivity index (χ3v) is 3.87. The second-order valence-electron chi connectivity index (χ2n) is 5.28. The molecule has 1 aromatic carbocycles. The van der Waals surface area contributed by atoms with Crippen LogP contribution in [0, 0.1) is 0 Å². The van der Waals surface area contributed by atoms with Crippen LogP contribution in [-0.2, 0) is 24.1 Å². The Hall–Kier alpha value is -0.900. The molecule has 1 aliphatic heterocycles. The average Bonchev–Trinajstić information content (AvgIpc) is 2.87. The molecule has 1 heterocycles. The van der Waals surface area contributed by atoms with Crippen LogP contribution in [0.5, 0.6) is 0 Å². The molecule has 2 aliphatic rings. The second-order valence-corrected chi connectivity index (χ2v) is 5.28. The van der Waals surface area contributed by atoms with Crippen LogP contribution in [0.15, 0.2) is 18.2 Å². The highest BCUT2D eigenvalue weighted by molar-refractivity contribution is 5.35. The van der Waals surface area contributed by atoms with Crippen molar-refractivity contribution in [2.24, 2.45) is 0 Å². The normalized spacial score (nSPS) is 23.0. The first kappa shape index (κ1) is 12.2. The Balaban J connectivity index is 1.48. The van der Waals surface area contributed by atoms with Crippen LogP contribution < -0.4 is 10.6 Å². The lowest BCUT2D eigenvalue weighted by atomic mass is 10.1. The van der Waals surface area contributed by atoms with Crippen molar-refractivity contribution in [2.45, 2.75) is 31.9 Å². The zero-order valence-corrected chi connectivity index (χ0v) is 10.9. The van der Waals surface area contributed by atoms with E-state index in [4.69, 9.17) is 4.74 Å². The minimum atomic E-state index is 0.327. The average molecular weight is 246 g/mol. The SMILES string of the molecule is c1cc2c(cc1CNCC1CNCCO1)CCC2. The zero-order chi connectivity index (χ0) is 12.2. The zero-order valence-electron chi connectivity index (χ0n) is 10.9. The largest absolute Gasteiger partial charge is 0.374 e. The summed E-state index contributed by atoms with van der Waals surface area (Å²) in [5, 5.41) is 6.85. The summed E-state index contributed by atoms with van der Waals surface area (Å²) in [6.07, 6.45) is 4.19. The number of aryl methyl sites for hydroxylation is 2. The Kier molecular flexibility index (Phi) is 3.93. The molecule has 98 valence electrons. The number of morpholine rings is 1. The van der Waals surface area contributed by atoms with Gasteiger partial charge in [0.15, 0.2) is 0 Å². The Morgan fingerprint density at radius 1 is 1.28 bits per heavy atom. The van der Waals surface area contributed by atoms with E-state index in [1.165, 1.54) is 24.8 Å². The number of rotatable bonds is 4. The molecule has 1 aliphatic carbocycles. The maximum Gasteiger partial charge on any atom is 0.0824 e. The molecule has 1 saturated heterocycles. The van der Waals surface area contributed by atoms with Gasteiger partial charge in [-0.2, -0.15) is 0 Å². The summed E-state index contributed by atoms with van der Waals surface area (Å²) in [6.45, 7) is 4.68. The first-order valence-corrected chi connectivity index (χ1v) is 7.05. The number of benzene rings is 1. The summed E-state index contributed by atoms with van der Waals surface area (Å²) < 4.78 is 5.66. The van der Waals surface area contributed by atoms with Gasteiger partial charge in [-0.25, -0.2) is 0 Å². The van der Waals surface area contributed by atoms with Gasteiger partial charge in [0.25, 0.3) is 0 Å². The van der Waals surface area contributed by atoms with Gasteiger partial charge in [-0.05, 0) is 36.0 Å². The Bertz CT molecular complexity index is 399. The van der Waals surface area contributed by atoms with Crippen molar-refractivity contribution in [3.63, 3.8) is 0 Å². The van der Waals surface area contributed by atoms with Gasteiger partial charge in [0, 0.05) is 26.2 Å². The molecule has 3 rings (SSSR count). The van der Waals surface area contributed by atoms with E-state index in [1.54, 1.807) is 11.1 Å². The van der Waals surface area contributed by atoms with Gasteiger partial charge in [-0.1, -0.05) is 18.2 Å². The molecule has 0 spiro atoms. The Morgan fingerprint density at radius 3 is 3.11 bits per heavy atom. The molecule has 1 unspecified atom stereocenters. The highest BCUT2D eigenvalue weighted by Gasteiger charge is 2.13. The van der Waals surface area contributed by atoms with Crippen LogP contribution in [0.25, 0.3) is 0 Å². The number of ether oxygens (including phenoxy) is 1. The summed E-state index contributed by atoms with van der Waals surface area (Å²) in [6, 6.07) is 6.93. The summed E-state index contributed by atoms with van der Waals surface area (Å²) in [5.41, 5.74) is 4.52. The number of nitrogens with one attached hydrogen (secondary N) is 2. The van der Waals surface area contributed by atoms with E-state index in [-0.39, 0.29) is 0 Å². The molecule has 0 amide bonds. The Labute approximate surface area is 109 Å². The van der Waals surface area contributed by atoms with Crippen molar-refractivity contribution in [1.82, 2.24) is 10.6 Å². The smallest absolute Gasteiger partial charge is 0.0824 e. The van der Waals surface area contributed by atoms with Crippen molar-refractivity contribution in [3.8, 4) is 0 Å².